The number of carbonyl (C=O) groups is 5. The monoisotopic (exact) mass is 489 g/mol. The first kappa shape index (κ1) is 27.3. The summed E-state index contributed by atoms with van der Waals surface area (Å²) >= 11 is 0. The minimum Gasteiger partial charge on any atom is -0.481 e. The lowest BCUT2D eigenvalue weighted by atomic mass is 10.0. The van der Waals surface area contributed by atoms with Gasteiger partial charge >= 0.3 is 11.9 Å². The number of aromatic nitrogens is 1. The lowest BCUT2D eigenvalue weighted by Gasteiger charge is -2.23. The van der Waals surface area contributed by atoms with Crippen LogP contribution >= 0.6 is 0 Å². The Morgan fingerprint density at radius 3 is 2.20 bits per heavy atom. The Labute approximate surface area is 201 Å². The van der Waals surface area contributed by atoms with Crippen LogP contribution in [0.2, 0.25) is 0 Å². The Kier molecular flexibility index (Phi) is 9.34. The summed E-state index contributed by atoms with van der Waals surface area (Å²) in [6.45, 7) is 4.54. The van der Waals surface area contributed by atoms with Crippen LogP contribution in [0.25, 0.3) is 10.9 Å². The van der Waals surface area contributed by atoms with Crippen molar-refractivity contribution in [1.29, 1.82) is 0 Å². The molecule has 190 valence electrons. The Morgan fingerprint density at radius 1 is 0.943 bits per heavy atom. The maximum absolute atomic E-state index is 12.7. The number of hydrogen-bond donors (Lipinski definition) is 7. The summed E-state index contributed by atoms with van der Waals surface area (Å²) in [5.74, 6) is -5.41. The lowest BCUT2D eigenvalue weighted by Crippen LogP contribution is -2.57. The Balaban J connectivity index is 2.03. The normalized spacial score (nSPS) is 14.5. The van der Waals surface area contributed by atoms with Gasteiger partial charge in [-0.15, -0.1) is 0 Å². The van der Waals surface area contributed by atoms with Crippen molar-refractivity contribution in [2.24, 2.45) is 11.7 Å². The van der Waals surface area contributed by atoms with Crippen LogP contribution in [-0.2, 0) is 30.4 Å². The number of carboxylic acid groups (broad SMARTS) is 2. The van der Waals surface area contributed by atoms with Crippen LogP contribution in [0.15, 0.2) is 30.5 Å². The molecular formula is C23H31N5O7. The first-order valence-electron chi connectivity index (χ1n) is 11.1. The van der Waals surface area contributed by atoms with Crippen LogP contribution in [0.4, 0.5) is 0 Å². The van der Waals surface area contributed by atoms with E-state index in [1.807, 2.05) is 24.3 Å². The van der Waals surface area contributed by atoms with E-state index in [0.29, 0.717) is 0 Å². The van der Waals surface area contributed by atoms with E-state index in [-0.39, 0.29) is 6.42 Å². The van der Waals surface area contributed by atoms with E-state index in [1.54, 1.807) is 20.0 Å². The lowest BCUT2D eigenvalue weighted by molar-refractivity contribution is -0.144. The molecule has 0 radical (unpaired) electrons. The van der Waals surface area contributed by atoms with Crippen LogP contribution in [-0.4, -0.2) is 69.0 Å². The van der Waals surface area contributed by atoms with Crippen LogP contribution in [0.5, 0.6) is 0 Å². The second-order valence-corrected chi connectivity index (χ2v) is 8.63. The highest BCUT2D eigenvalue weighted by molar-refractivity contribution is 5.95. The minimum absolute atomic E-state index is 0.141. The van der Waals surface area contributed by atoms with E-state index in [9.17, 15) is 34.2 Å². The van der Waals surface area contributed by atoms with Gasteiger partial charge in [0.05, 0.1) is 12.5 Å². The van der Waals surface area contributed by atoms with Crippen LogP contribution < -0.4 is 21.7 Å². The van der Waals surface area contributed by atoms with Gasteiger partial charge in [0.1, 0.15) is 18.1 Å². The zero-order valence-electron chi connectivity index (χ0n) is 19.7. The highest BCUT2D eigenvalue weighted by atomic mass is 16.4. The van der Waals surface area contributed by atoms with E-state index in [1.165, 1.54) is 6.92 Å². The standard InChI is InChI=1S/C23H31N5O7/c1-11(2)19(23(34)35)28-20(31)12(3)26-22(33)17(9-18(29)30)27-21(32)15(24)8-13-10-25-16-7-5-4-6-14(13)16/h4-7,10-12,15,17,19,25H,8-9,24H2,1-3H3,(H,26,33)(H,27,32)(H,28,31)(H,29,30)(H,34,35). The Hall–Kier alpha value is -3.93. The molecular weight excluding hydrogens is 458 g/mol. The molecule has 12 nitrogen and oxygen atoms in total. The average molecular weight is 490 g/mol. The number of aromatic amines is 1. The largest absolute Gasteiger partial charge is 0.481 e. The summed E-state index contributed by atoms with van der Waals surface area (Å²) in [6, 6.07) is 2.52. The van der Waals surface area contributed by atoms with Gasteiger partial charge in [0.25, 0.3) is 0 Å². The van der Waals surface area contributed by atoms with Gasteiger partial charge in [-0.2, -0.15) is 0 Å². The molecule has 0 saturated heterocycles. The molecule has 8 N–H and O–H groups in total. The second kappa shape index (κ2) is 12.0. The fourth-order valence-electron chi connectivity index (χ4n) is 3.46. The van der Waals surface area contributed by atoms with Gasteiger partial charge in [-0.3, -0.25) is 19.2 Å². The van der Waals surface area contributed by atoms with Crippen LogP contribution in [0, 0.1) is 5.92 Å². The molecule has 0 aliphatic carbocycles. The maximum atomic E-state index is 12.7. The minimum atomic E-state index is -1.50. The van der Waals surface area contributed by atoms with Gasteiger partial charge in [0, 0.05) is 17.1 Å². The Bertz CT molecular complexity index is 1100. The molecule has 3 amide bonds. The van der Waals surface area contributed by atoms with Crippen molar-refractivity contribution in [3.63, 3.8) is 0 Å². The van der Waals surface area contributed by atoms with Gasteiger partial charge < -0.3 is 36.9 Å². The highest BCUT2D eigenvalue weighted by Gasteiger charge is 2.30. The van der Waals surface area contributed by atoms with E-state index in [2.05, 4.69) is 20.9 Å². The fraction of sp³-hybridized carbons (Fsp3) is 0.435. The smallest absolute Gasteiger partial charge is 0.326 e. The van der Waals surface area contributed by atoms with Crippen molar-refractivity contribution in [2.75, 3.05) is 0 Å². The van der Waals surface area contributed by atoms with E-state index >= 15 is 0 Å². The van der Waals surface area contributed by atoms with E-state index in [0.717, 1.165) is 16.5 Å². The number of hydrogen-bond acceptors (Lipinski definition) is 6. The van der Waals surface area contributed by atoms with Gasteiger partial charge in [-0.1, -0.05) is 32.0 Å². The third kappa shape index (κ3) is 7.54. The zero-order valence-corrected chi connectivity index (χ0v) is 19.7. The first-order valence-corrected chi connectivity index (χ1v) is 11.1. The van der Waals surface area contributed by atoms with Crippen LogP contribution in [0.3, 0.4) is 0 Å². The van der Waals surface area contributed by atoms with Crippen molar-refractivity contribution in [1.82, 2.24) is 20.9 Å². The number of amides is 3. The fourth-order valence-corrected chi connectivity index (χ4v) is 3.46. The summed E-state index contributed by atoms with van der Waals surface area (Å²) in [5.41, 5.74) is 7.67. The van der Waals surface area contributed by atoms with Crippen LogP contribution in [0.1, 0.15) is 32.8 Å². The number of nitrogens with one attached hydrogen (secondary N) is 4. The number of carboxylic acids is 2. The molecule has 0 bridgehead atoms. The molecule has 1 aromatic heterocycles. The summed E-state index contributed by atoms with van der Waals surface area (Å²) < 4.78 is 0. The topological polar surface area (TPSA) is 204 Å². The van der Waals surface area contributed by atoms with Crippen molar-refractivity contribution in [3.05, 3.63) is 36.0 Å². The number of H-pyrrole nitrogens is 1. The quantitative estimate of drug-likeness (QED) is 0.211. The van der Waals surface area contributed by atoms with Gasteiger partial charge in [0.2, 0.25) is 17.7 Å². The molecule has 0 spiro atoms. The molecule has 2 rings (SSSR count). The van der Waals surface area contributed by atoms with Crippen molar-refractivity contribution < 1.29 is 34.2 Å². The summed E-state index contributed by atoms with van der Waals surface area (Å²) in [6.07, 6.45) is 1.12. The Morgan fingerprint density at radius 2 is 1.60 bits per heavy atom. The highest BCUT2D eigenvalue weighted by Crippen LogP contribution is 2.18. The number of benzene rings is 1. The number of nitrogens with two attached hydrogens (primary N) is 1. The summed E-state index contributed by atoms with van der Waals surface area (Å²) in [5, 5.41) is 26.3. The molecule has 1 heterocycles. The predicted octanol–water partition coefficient (Wildman–Crippen LogP) is -0.273. The predicted molar refractivity (Wildman–Crippen MR) is 126 cm³/mol. The van der Waals surface area contributed by atoms with Gasteiger partial charge in [-0.25, -0.2) is 4.79 Å². The molecule has 12 heteroatoms. The van der Waals surface area contributed by atoms with E-state index < -0.39 is 66.2 Å². The third-order valence-electron chi connectivity index (χ3n) is 5.45. The zero-order chi connectivity index (χ0) is 26.3. The molecule has 35 heavy (non-hydrogen) atoms. The summed E-state index contributed by atoms with van der Waals surface area (Å²) in [7, 11) is 0. The number of carbonyl (C=O) groups excluding carboxylic acids is 3. The van der Waals surface area contributed by atoms with E-state index in [4.69, 9.17) is 5.73 Å². The first-order chi connectivity index (χ1) is 16.4. The number of rotatable bonds is 12. The van der Waals surface area contributed by atoms with Crippen molar-refractivity contribution >= 4 is 40.6 Å². The average Bonchev–Trinajstić information content (AvgIpc) is 3.18. The SMILES string of the molecule is CC(NC(=O)C(CC(=O)O)NC(=O)C(N)Cc1c[nH]c2ccccc12)C(=O)NC(C(=O)O)C(C)C. The molecule has 4 atom stereocenters. The number of fused-ring (bicyclic) bond motifs is 1. The van der Waals surface area contributed by atoms with Crippen molar-refractivity contribution in [3.8, 4) is 0 Å². The molecule has 0 fully saturated rings. The molecule has 4 unspecified atom stereocenters. The van der Waals surface area contributed by atoms with Gasteiger partial charge in [0.15, 0.2) is 0 Å². The maximum Gasteiger partial charge on any atom is 0.326 e. The molecule has 0 saturated carbocycles. The second-order valence-electron chi connectivity index (χ2n) is 8.63. The molecule has 2 aromatic rings. The van der Waals surface area contributed by atoms with Crippen molar-refractivity contribution in [2.45, 2.75) is 57.8 Å². The summed E-state index contributed by atoms with van der Waals surface area (Å²) in [4.78, 5) is 63.3. The molecule has 0 aliphatic rings. The third-order valence-corrected chi connectivity index (χ3v) is 5.45. The number of para-hydroxylation sites is 1. The number of aliphatic carboxylic acids is 2. The molecule has 1 aromatic carbocycles. The van der Waals surface area contributed by atoms with Gasteiger partial charge in [-0.05, 0) is 30.9 Å². The molecule has 0 aliphatic heterocycles.